The van der Waals surface area contributed by atoms with E-state index >= 15 is 0 Å². The molecule has 2 heteroatoms. The molecule has 0 N–H and O–H groups in total. The zero-order valence-electron chi connectivity index (χ0n) is 8.02. The van der Waals surface area contributed by atoms with Crippen molar-refractivity contribution in [1.82, 2.24) is 4.90 Å². The molecule has 0 aliphatic rings. The number of hydrogen-bond acceptors (Lipinski definition) is 1. The van der Waals surface area contributed by atoms with E-state index in [4.69, 9.17) is 0 Å². The van der Waals surface area contributed by atoms with Crippen LogP contribution in [0.25, 0.3) is 0 Å². The average Bonchev–Trinajstić information content (AvgIpc) is 2.02. The van der Waals surface area contributed by atoms with Gasteiger partial charge in [0.15, 0.2) is 0 Å². The van der Waals surface area contributed by atoms with Gasteiger partial charge in [-0.25, -0.2) is 0 Å². The van der Waals surface area contributed by atoms with Crippen molar-refractivity contribution in [2.75, 3.05) is 20.6 Å². The summed E-state index contributed by atoms with van der Waals surface area (Å²) in [6.45, 7) is 8.97. The highest BCUT2D eigenvalue weighted by Crippen LogP contribution is 1.99. The highest BCUT2D eigenvalue weighted by Gasteiger charge is 1.99. The van der Waals surface area contributed by atoms with Crippen molar-refractivity contribution < 1.29 is 0 Å². The molecule has 0 rings (SSSR count). The van der Waals surface area contributed by atoms with E-state index in [0.717, 1.165) is 18.8 Å². The summed E-state index contributed by atoms with van der Waals surface area (Å²) in [6, 6.07) is 0. The largest absolute Gasteiger partial charge is 0.360 e. The molecule has 0 aromatic rings. The van der Waals surface area contributed by atoms with Crippen LogP contribution in [0.15, 0.2) is 17.1 Å². The van der Waals surface area contributed by atoms with Crippen LogP contribution in [0.1, 0.15) is 20.3 Å². The molecule has 0 radical (unpaired) electrons. The molecule has 64 valence electrons. The van der Waals surface area contributed by atoms with E-state index in [1.54, 1.807) is 7.05 Å². The smallest absolute Gasteiger partial charge is 0.0954 e. The average molecular weight is 154 g/mol. The highest BCUT2D eigenvalue weighted by molar-refractivity contribution is 5.79. The van der Waals surface area contributed by atoms with E-state index in [9.17, 15) is 0 Å². The van der Waals surface area contributed by atoms with Gasteiger partial charge in [-0.3, -0.25) is 4.99 Å². The van der Waals surface area contributed by atoms with Crippen LogP contribution in [0.2, 0.25) is 0 Å². The number of aliphatic imine (C=N–C) groups is 1. The fourth-order valence-corrected chi connectivity index (χ4v) is 0.732. The van der Waals surface area contributed by atoms with Gasteiger partial charge in [0.2, 0.25) is 0 Å². The molecule has 0 atom stereocenters. The van der Waals surface area contributed by atoms with E-state index < -0.39 is 0 Å². The second-order valence-electron chi connectivity index (χ2n) is 2.73. The minimum absolute atomic E-state index is 0.916. The third-order valence-corrected chi connectivity index (χ3v) is 1.84. The number of rotatable bonds is 3. The maximum atomic E-state index is 4.08. The van der Waals surface area contributed by atoms with Gasteiger partial charge in [0.05, 0.1) is 5.84 Å². The first kappa shape index (κ1) is 10.2. The molecule has 0 bridgehead atoms. The summed E-state index contributed by atoms with van der Waals surface area (Å²) >= 11 is 0. The van der Waals surface area contributed by atoms with Gasteiger partial charge in [0.1, 0.15) is 0 Å². The number of likely N-dealkylation sites (N-methyl/N-ethyl adjacent to an activating group) is 1. The zero-order chi connectivity index (χ0) is 8.85. The number of hydrogen-bond donors (Lipinski definition) is 0. The maximum Gasteiger partial charge on any atom is 0.0954 e. The second-order valence-corrected chi connectivity index (χ2v) is 2.73. The van der Waals surface area contributed by atoms with Gasteiger partial charge in [-0.05, 0) is 13.3 Å². The van der Waals surface area contributed by atoms with Crippen LogP contribution >= 0.6 is 0 Å². The Morgan fingerprint density at radius 1 is 1.55 bits per heavy atom. The first-order valence-electron chi connectivity index (χ1n) is 3.93. The molecule has 0 aliphatic heterocycles. The molecular weight excluding hydrogens is 136 g/mol. The monoisotopic (exact) mass is 154 g/mol. The molecule has 0 unspecified atom stereocenters. The first-order valence-corrected chi connectivity index (χ1v) is 3.93. The molecule has 0 saturated carbocycles. The Kier molecular flexibility index (Phi) is 4.59. The van der Waals surface area contributed by atoms with Crippen molar-refractivity contribution in [1.29, 1.82) is 0 Å². The molecule has 0 spiro atoms. The van der Waals surface area contributed by atoms with Crippen molar-refractivity contribution in [3.05, 3.63) is 12.2 Å². The Bertz CT molecular complexity index is 159. The number of amidine groups is 1. The molecule has 0 amide bonds. The lowest BCUT2D eigenvalue weighted by molar-refractivity contribution is 0.538. The van der Waals surface area contributed by atoms with E-state index in [0.29, 0.717) is 0 Å². The lowest BCUT2D eigenvalue weighted by Crippen LogP contribution is -2.25. The minimum Gasteiger partial charge on any atom is -0.360 e. The highest BCUT2D eigenvalue weighted by atomic mass is 15.1. The fraction of sp³-hybridized carbons (Fsp3) is 0.667. The predicted molar refractivity (Wildman–Crippen MR) is 51.1 cm³/mol. The van der Waals surface area contributed by atoms with Crippen molar-refractivity contribution in [3.63, 3.8) is 0 Å². The van der Waals surface area contributed by atoms with Gasteiger partial charge < -0.3 is 4.90 Å². The summed E-state index contributed by atoms with van der Waals surface area (Å²) in [5.41, 5.74) is 1.25. The Balaban J connectivity index is 3.87. The van der Waals surface area contributed by atoms with Gasteiger partial charge in [-0.1, -0.05) is 19.1 Å². The van der Waals surface area contributed by atoms with Crippen LogP contribution in [0, 0.1) is 0 Å². The molecule has 2 nitrogen and oxygen atoms in total. The normalized spacial score (nSPS) is 11.5. The van der Waals surface area contributed by atoms with Crippen LogP contribution in [0.5, 0.6) is 0 Å². The molecule has 0 aromatic carbocycles. The third kappa shape index (κ3) is 3.81. The fourth-order valence-electron chi connectivity index (χ4n) is 0.732. The lowest BCUT2D eigenvalue weighted by atomic mass is 10.2. The first-order chi connectivity index (χ1) is 5.11. The number of nitrogens with zero attached hydrogens (tertiary/aromatic N) is 2. The maximum absolute atomic E-state index is 4.08. The van der Waals surface area contributed by atoms with Gasteiger partial charge in [-0.15, -0.1) is 0 Å². The topological polar surface area (TPSA) is 15.6 Å². The summed E-state index contributed by atoms with van der Waals surface area (Å²) in [5, 5.41) is 0. The molecule has 11 heavy (non-hydrogen) atoms. The molecular formula is C9H18N2. The Labute approximate surface area is 69.6 Å². The molecule has 0 heterocycles. The van der Waals surface area contributed by atoms with E-state index in [1.165, 1.54) is 5.57 Å². The summed E-state index contributed by atoms with van der Waals surface area (Å²) in [5.74, 6) is 1.06. The summed E-state index contributed by atoms with van der Waals surface area (Å²) in [6.07, 6.45) is 1.04. The minimum atomic E-state index is 0.916. The van der Waals surface area contributed by atoms with Crippen molar-refractivity contribution in [2.24, 2.45) is 4.99 Å². The van der Waals surface area contributed by atoms with E-state index in [2.05, 4.69) is 23.4 Å². The Morgan fingerprint density at radius 3 is 2.45 bits per heavy atom. The van der Waals surface area contributed by atoms with Gasteiger partial charge in [-0.2, -0.15) is 0 Å². The second kappa shape index (κ2) is 4.94. The zero-order valence-corrected chi connectivity index (χ0v) is 8.02. The molecule has 0 aromatic heterocycles. The van der Waals surface area contributed by atoms with Crippen molar-refractivity contribution >= 4 is 5.84 Å². The SMILES string of the molecule is C=C(CC)CN(C)C(C)=NC. The van der Waals surface area contributed by atoms with Crippen LogP contribution in [0.4, 0.5) is 0 Å². The van der Waals surface area contributed by atoms with Crippen LogP contribution in [-0.2, 0) is 0 Å². The molecule has 0 aliphatic carbocycles. The van der Waals surface area contributed by atoms with Crippen LogP contribution in [-0.4, -0.2) is 31.4 Å². The summed E-state index contributed by atoms with van der Waals surface area (Å²) < 4.78 is 0. The van der Waals surface area contributed by atoms with Crippen LogP contribution < -0.4 is 0 Å². The van der Waals surface area contributed by atoms with Gasteiger partial charge >= 0.3 is 0 Å². The third-order valence-electron chi connectivity index (χ3n) is 1.84. The van der Waals surface area contributed by atoms with Gasteiger partial charge in [0.25, 0.3) is 0 Å². The standard InChI is InChI=1S/C9H18N2/c1-6-8(2)7-11(5)9(3)10-4/h2,6-7H2,1,3-5H3. The quantitative estimate of drug-likeness (QED) is 0.344. The molecule has 0 saturated heterocycles. The van der Waals surface area contributed by atoms with Crippen molar-refractivity contribution in [2.45, 2.75) is 20.3 Å². The van der Waals surface area contributed by atoms with Crippen LogP contribution in [0.3, 0.4) is 0 Å². The van der Waals surface area contributed by atoms with Gasteiger partial charge in [0, 0.05) is 20.6 Å². The predicted octanol–water partition coefficient (Wildman–Crippen LogP) is 1.93. The van der Waals surface area contributed by atoms with Crippen molar-refractivity contribution in [3.8, 4) is 0 Å². The van der Waals surface area contributed by atoms with E-state index in [-0.39, 0.29) is 0 Å². The molecule has 0 fully saturated rings. The Hall–Kier alpha value is -0.790. The summed E-state index contributed by atoms with van der Waals surface area (Å²) in [4.78, 5) is 6.18. The Morgan fingerprint density at radius 2 is 2.09 bits per heavy atom. The lowest BCUT2D eigenvalue weighted by Gasteiger charge is -2.18. The van der Waals surface area contributed by atoms with E-state index in [1.807, 2.05) is 14.0 Å². The summed E-state index contributed by atoms with van der Waals surface area (Å²) in [7, 11) is 3.84.